The van der Waals surface area contributed by atoms with Gasteiger partial charge in [-0.3, -0.25) is 9.69 Å². The number of carboxylic acids is 1. The van der Waals surface area contributed by atoms with Crippen LogP contribution in [0.4, 0.5) is 5.82 Å². The molecule has 2 aliphatic rings. The molecular weight excluding hydrogens is 328 g/mol. The topological polar surface area (TPSA) is 78.8 Å². The highest BCUT2D eigenvalue weighted by atomic mass is 32.1. The first-order valence-corrected chi connectivity index (χ1v) is 8.91. The van der Waals surface area contributed by atoms with E-state index in [1.165, 1.54) is 4.88 Å². The highest BCUT2D eigenvalue weighted by Crippen LogP contribution is 2.32. The number of aromatic nitrogens is 2. The third-order valence-corrected chi connectivity index (χ3v) is 5.61. The molecule has 0 unspecified atom stereocenters. The van der Waals surface area contributed by atoms with Gasteiger partial charge in [-0.15, -0.1) is 11.3 Å². The molecule has 2 atom stereocenters. The zero-order chi connectivity index (χ0) is 16.7. The molecule has 0 saturated carbocycles. The van der Waals surface area contributed by atoms with Crippen molar-refractivity contribution in [1.29, 1.82) is 0 Å². The third kappa shape index (κ3) is 2.97. The number of rotatable bonds is 3. The molecule has 2 aliphatic heterocycles. The second kappa shape index (κ2) is 6.27. The summed E-state index contributed by atoms with van der Waals surface area (Å²) in [5, 5.41) is 10.3. The Morgan fingerprint density at radius 1 is 1.38 bits per heavy atom. The molecule has 128 valence electrons. The summed E-state index contributed by atoms with van der Waals surface area (Å²) in [6.45, 7) is 5.69. The van der Waals surface area contributed by atoms with E-state index in [1.807, 2.05) is 4.90 Å². The van der Waals surface area contributed by atoms with Gasteiger partial charge in [-0.1, -0.05) is 0 Å². The van der Waals surface area contributed by atoms with Gasteiger partial charge in [0.2, 0.25) is 0 Å². The molecule has 4 rings (SSSR count). The summed E-state index contributed by atoms with van der Waals surface area (Å²) in [5.41, 5.74) is 0. The van der Waals surface area contributed by atoms with E-state index in [0.29, 0.717) is 13.2 Å². The van der Waals surface area contributed by atoms with Crippen molar-refractivity contribution in [2.75, 3.05) is 44.3 Å². The molecule has 0 radical (unpaired) electrons. The molecule has 0 aliphatic carbocycles. The second-order valence-electron chi connectivity index (χ2n) is 6.56. The summed E-state index contributed by atoms with van der Waals surface area (Å²) in [7, 11) is 0. The lowest BCUT2D eigenvalue weighted by atomic mass is 10.1. The molecule has 2 bridgehead atoms. The average molecular weight is 348 g/mol. The van der Waals surface area contributed by atoms with E-state index in [4.69, 9.17) is 4.74 Å². The van der Waals surface area contributed by atoms with Crippen molar-refractivity contribution in [3.63, 3.8) is 0 Å². The van der Waals surface area contributed by atoms with Gasteiger partial charge in [0, 0.05) is 30.4 Å². The van der Waals surface area contributed by atoms with E-state index in [9.17, 15) is 9.90 Å². The van der Waals surface area contributed by atoms with Gasteiger partial charge in [-0.2, -0.15) is 0 Å². The van der Waals surface area contributed by atoms with Crippen LogP contribution in [0.15, 0.2) is 12.4 Å². The first-order chi connectivity index (χ1) is 11.6. The maximum Gasteiger partial charge on any atom is 0.317 e. The van der Waals surface area contributed by atoms with Gasteiger partial charge in [0.05, 0.1) is 31.2 Å². The second-order valence-corrected chi connectivity index (χ2v) is 7.79. The minimum atomic E-state index is -0.785. The molecule has 0 aromatic carbocycles. The Morgan fingerprint density at radius 2 is 2.25 bits per heavy atom. The predicted octanol–water partition coefficient (Wildman–Crippen LogP) is 1.22. The van der Waals surface area contributed by atoms with Gasteiger partial charge in [0.15, 0.2) is 0 Å². The lowest BCUT2D eigenvalue weighted by Crippen LogP contribution is -2.46. The van der Waals surface area contributed by atoms with E-state index in [-0.39, 0.29) is 18.5 Å². The average Bonchev–Trinajstić information content (AvgIpc) is 2.68. The van der Waals surface area contributed by atoms with E-state index in [1.54, 1.807) is 17.7 Å². The fraction of sp³-hybridized carbons (Fsp3) is 0.562. The van der Waals surface area contributed by atoms with Crippen LogP contribution in [0.3, 0.4) is 0 Å². The monoisotopic (exact) mass is 348 g/mol. The Balaban J connectivity index is 1.68. The van der Waals surface area contributed by atoms with Crippen LogP contribution < -0.4 is 4.90 Å². The lowest BCUT2D eigenvalue weighted by Gasteiger charge is -2.31. The molecule has 2 aromatic rings. The van der Waals surface area contributed by atoms with Crippen molar-refractivity contribution in [3.8, 4) is 0 Å². The number of hydrogen-bond acceptors (Lipinski definition) is 7. The first kappa shape index (κ1) is 15.7. The molecule has 7 nitrogen and oxygen atoms in total. The van der Waals surface area contributed by atoms with Crippen molar-refractivity contribution < 1.29 is 14.6 Å². The van der Waals surface area contributed by atoms with Gasteiger partial charge >= 0.3 is 5.97 Å². The Morgan fingerprint density at radius 3 is 3.08 bits per heavy atom. The summed E-state index contributed by atoms with van der Waals surface area (Å²) in [4.78, 5) is 26.7. The minimum Gasteiger partial charge on any atom is -0.480 e. The molecule has 0 spiro atoms. The van der Waals surface area contributed by atoms with Crippen molar-refractivity contribution in [2.24, 2.45) is 5.92 Å². The highest BCUT2D eigenvalue weighted by molar-refractivity contribution is 7.18. The number of aliphatic carboxylic acids is 1. The SMILES string of the molecule is Cc1cc2c(N3C[C@@H]4COC[C@H](C3)N(CC(=O)O)C4)ncnc2s1. The minimum absolute atomic E-state index is 0.0646. The van der Waals surface area contributed by atoms with Gasteiger partial charge in [0.25, 0.3) is 0 Å². The van der Waals surface area contributed by atoms with Gasteiger partial charge in [0.1, 0.15) is 17.0 Å². The van der Waals surface area contributed by atoms with E-state index >= 15 is 0 Å². The van der Waals surface area contributed by atoms with E-state index < -0.39 is 5.97 Å². The van der Waals surface area contributed by atoms with Crippen molar-refractivity contribution >= 4 is 33.3 Å². The summed E-state index contributed by atoms with van der Waals surface area (Å²) < 4.78 is 5.76. The smallest absolute Gasteiger partial charge is 0.317 e. The van der Waals surface area contributed by atoms with Crippen LogP contribution in [-0.4, -0.2) is 71.4 Å². The van der Waals surface area contributed by atoms with Crippen LogP contribution in [0.25, 0.3) is 10.2 Å². The van der Waals surface area contributed by atoms with Crippen molar-refractivity contribution in [1.82, 2.24) is 14.9 Å². The number of ether oxygens (including phenoxy) is 1. The number of thiophene rings is 1. The van der Waals surface area contributed by atoms with Crippen molar-refractivity contribution in [2.45, 2.75) is 13.0 Å². The number of aryl methyl sites for hydroxylation is 1. The zero-order valence-corrected chi connectivity index (χ0v) is 14.3. The van der Waals surface area contributed by atoms with Crippen LogP contribution in [0, 0.1) is 12.8 Å². The van der Waals surface area contributed by atoms with Crippen LogP contribution in [-0.2, 0) is 9.53 Å². The maximum atomic E-state index is 11.2. The number of carboxylic acid groups (broad SMARTS) is 1. The van der Waals surface area contributed by atoms with E-state index in [2.05, 4.69) is 27.9 Å². The van der Waals surface area contributed by atoms with Gasteiger partial charge < -0.3 is 14.7 Å². The number of fused-ring (bicyclic) bond motifs is 4. The Hall–Kier alpha value is -1.77. The lowest BCUT2D eigenvalue weighted by molar-refractivity contribution is -0.138. The summed E-state index contributed by atoms with van der Waals surface area (Å²) >= 11 is 1.68. The number of nitrogens with zero attached hydrogens (tertiary/aromatic N) is 4. The fourth-order valence-corrected chi connectivity index (χ4v) is 4.53. The van der Waals surface area contributed by atoms with Crippen LogP contribution in [0.2, 0.25) is 0 Å². The maximum absolute atomic E-state index is 11.2. The van der Waals surface area contributed by atoms with Gasteiger partial charge in [-0.25, -0.2) is 9.97 Å². The summed E-state index contributed by atoms with van der Waals surface area (Å²) in [5.74, 6) is 0.451. The fourth-order valence-electron chi connectivity index (χ4n) is 3.68. The zero-order valence-electron chi connectivity index (χ0n) is 13.5. The number of carbonyl (C=O) groups is 1. The first-order valence-electron chi connectivity index (χ1n) is 8.10. The molecule has 2 fully saturated rings. The summed E-state index contributed by atoms with van der Waals surface area (Å²) in [6.07, 6.45) is 1.62. The Kier molecular flexibility index (Phi) is 4.11. The quantitative estimate of drug-likeness (QED) is 0.893. The molecule has 24 heavy (non-hydrogen) atoms. The largest absolute Gasteiger partial charge is 0.480 e. The molecule has 4 heterocycles. The summed E-state index contributed by atoms with van der Waals surface area (Å²) in [6, 6.07) is 2.21. The normalized spacial score (nSPS) is 25.0. The Labute approximate surface area is 143 Å². The van der Waals surface area contributed by atoms with Crippen LogP contribution >= 0.6 is 11.3 Å². The molecule has 2 saturated heterocycles. The number of anilines is 1. The molecule has 2 aromatic heterocycles. The molecular formula is C16H20N4O3S. The predicted molar refractivity (Wildman–Crippen MR) is 91.7 cm³/mol. The van der Waals surface area contributed by atoms with Crippen molar-refractivity contribution in [3.05, 3.63) is 17.3 Å². The van der Waals surface area contributed by atoms with Gasteiger partial charge in [-0.05, 0) is 13.0 Å². The highest BCUT2D eigenvalue weighted by Gasteiger charge is 2.35. The standard InChI is InChI=1S/C16H20N4O3S/c1-10-2-13-15(17-9-18-16(13)24-10)20-4-11-3-19(6-14(21)22)12(5-20)8-23-7-11/h2,9,11-12H,3-8H2,1H3,(H,21,22)/t11-,12+/m1/s1. The van der Waals surface area contributed by atoms with Crippen LogP contribution in [0.1, 0.15) is 4.88 Å². The Bertz CT molecular complexity index is 765. The molecule has 1 N–H and O–H groups in total. The number of hydrogen-bond donors (Lipinski definition) is 1. The van der Waals surface area contributed by atoms with Crippen LogP contribution in [0.5, 0.6) is 0 Å². The molecule has 8 heteroatoms. The third-order valence-electron chi connectivity index (χ3n) is 4.65. The molecule has 0 amide bonds. The van der Waals surface area contributed by atoms with E-state index in [0.717, 1.165) is 35.7 Å².